The Balaban J connectivity index is 2.40. The van der Waals surface area contributed by atoms with Crippen LogP contribution in [0.2, 0.25) is 0 Å². The number of rotatable bonds is 6. The molecule has 0 bridgehead atoms. The second-order valence-electron chi connectivity index (χ2n) is 4.48. The smallest absolute Gasteiger partial charge is 0.210 e. The van der Waals surface area contributed by atoms with Crippen molar-refractivity contribution in [1.82, 2.24) is 0 Å². The van der Waals surface area contributed by atoms with Crippen LogP contribution in [0.4, 0.5) is 0 Å². The maximum absolute atomic E-state index is 12.4. The fourth-order valence-corrected chi connectivity index (χ4v) is 2.33. The summed E-state index contributed by atoms with van der Waals surface area (Å²) >= 11 is 5.56. The van der Waals surface area contributed by atoms with Crippen LogP contribution in [0.15, 0.2) is 60.7 Å². The molecule has 2 rings (SSSR count). The summed E-state index contributed by atoms with van der Waals surface area (Å²) in [6.07, 6.45) is 0.0799. The zero-order valence-corrected chi connectivity index (χ0v) is 11.7. The summed E-state index contributed by atoms with van der Waals surface area (Å²) in [5, 5.41) is 0. The molecule has 0 unspecified atom stereocenters. The molecule has 0 fully saturated rings. The number of ketones is 2. The Morgan fingerprint density at radius 2 is 1.30 bits per heavy atom. The van der Waals surface area contributed by atoms with Crippen LogP contribution in [-0.2, 0) is 9.59 Å². The van der Waals surface area contributed by atoms with E-state index in [9.17, 15) is 9.59 Å². The molecule has 20 heavy (non-hydrogen) atoms. The molecule has 0 spiro atoms. The van der Waals surface area contributed by atoms with Crippen LogP contribution in [0.5, 0.6) is 0 Å². The van der Waals surface area contributed by atoms with E-state index >= 15 is 0 Å². The Bertz CT molecular complexity index is 539. The molecule has 3 heteroatoms. The average Bonchev–Trinajstić information content (AvgIpc) is 2.50. The van der Waals surface area contributed by atoms with Gasteiger partial charge in [0.25, 0.3) is 0 Å². The topological polar surface area (TPSA) is 34.1 Å². The van der Waals surface area contributed by atoms with Crippen LogP contribution in [-0.4, -0.2) is 17.4 Å². The maximum Gasteiger partial charge on any atom is 0.210 e. The van der Waals surface area contributed by atoms with Gasteiger partial charge in [0, 0.05) is 12.3 Å². The molecule has 0 N–H and O–H groups in total. The van der Waals surface area contributed by atoms with Crippen LogP contribution in [0, 0.1) is 0 Å². The Kier molecular flexibility index (Phi) is 5.08. The van der Waals surface area contributed by atoms with Gasteiger partial charge in [-0.2, -0.15) is 0 Å². The zero-order valence-electron chi connectivity index (χ0n) is 11.0. The predicted octanol–water partition coefficient (Wildman–Crippen LogP) is 3.59. The average molecular weight is 287 g/mol. The highest BCUT2D eigenvalue weighted by Crippen LogP contribution is 2.26. The summed E-state index contributed by atoms with van der Waals surface area (Å²) in [5.74, 6) is -1.20. The Morgan fingerprint density at radius 3 is 1.70 bits per heavy atom. The van der Waals surface area contributed by atoms with Crippen LogP contribution in [0.3, 0.4) is 0 Å². The van der Waals surface area contributed by atoms with E-state index in [0.717, 1.165) is 11.1 Å². The Hall–Kier alpha value is -1.93. The summed E-state index contributed by atoms with van der Waals surface area (Å²) < 4.78 is 0. The standard InChI is InChI=1S/C17H15ClO2/c18-12-11-15(19)17(20)16(13-7-3-1-4-8-13)14-9-5-2-6-10-14/h1-10,16H,11-12H2. The summed E-state index contributed by atoms with van der Waals surface area (Å²) in [4.78, 5) is 24.3. The van der Waals surface area contributed by atoms with Gasteiger partial charge in [0.1, 0.15) is 0 Å². The van der Waals surface area contributed by atoms with Gasteiger partial charge in [-0.3, -0.25) is 9.59 Å². The number of alkyl halides is 1. The number of halogens is 1. The molecule has 0 aliphatic rings. The number of carbonyl (C=O) groups excluding carboxylic acids is 2. The lowest BCUT2D eigenvalue weighted by molar-refractivity contribution is -0.136. The van der Waals surface area contributed by atoms with Crippen LogP contribution >= 0.6 is 11.6 Å². The van der Waals surface area contributed by atoms with E-state index in [4.69, 9.17) is 11.6 Å². The Morgan fingerprint density at radius 1 is 0.850 bits per heavy atom. The SMILES string of the molecule is O=C(CCCl)C(=O)C(c1ccccc1)c1ccccc1. The second-order valence-corrected chi connectivity index (χ2v) is 4.86. The molecule has 0 amide bonds. The molecule has 0 heterocycles. The van der Waals surface area contributed by atoms with Crippen LogP contribution < -0.4 is 0 Å². The molecule has 2 aromatic rings. The van der Waals surface area contributed by atoms with Gasteiger partial charge in [-0.15, -0.1) is 11.6 Å². The predicted molar refractivity (Wildman–Crippen MR) is 80.1 cm³/mol. The minimum Gasteiger partial charge on any atom is -0.291 e. The van der Waals surface area contributed by atoms with Gasteiger partial charge in [-0.1, -0.05) is 60.7 Å². The van der Waals surface area contributed by atoms with Crippen molar-refractivity contribution < 1.29 is 9.59 Å². The minimum atomic E-state index is -0.548. The van der Waals surface area contributed by atoms with Gasteiger partial charge in [-0.25, -0.2) is 0 Å². The first-order valence-corrected chi connectivity index (χ1v) is 7.00. The third-order valence-corrected chi connectivity index (χ3v) is 3.31. The first-order chi connectivity index (χ1) is 9.74. The Labute approximate surface area is 123 Å². The molecule has 0 saturated carbocycles. The number of benzene rings is 2. The largest absolute Gasteiger partial charge is 0.291 e. The number of carbonyl (C=O) groups is 2. The van der Waals surface area contributed by atoms with E-state index in [2.05, 4.69) is 0 Å². The third-order valence-electron chi connectivity index (χ3n) is 3.12. The summed E-state index contributed by atoms with van der Waals surface area (Å²) in [6.45, 7) is 0. The van der Waals surface area contributed by atoms with Gasteiger partial charge in [0.15, 0.2) is 0 Å². The van der Waals surface area contributed by atoms with E-state index in [1.54, 1.807) is 0 Å². The summed E-state index contributed by atoms with van der Waals surface area (Å²) in [7, 11) is 0. The highest BCUT2D eigenvalue weighted by atomic mass is 35.5. The van der Waals surface area contributed by atoms with Crippen molar-refractivity contribution in [3.63, 3.8) is 0 Å². The molecule has 2 aromatic carbocycles. The normalized spacial score (nSPS) is 10.5. The molecule has 0 aliphatic heterocycles. The monoisotopic (exact) mass is 286 g/mol. The van der Waals surface area contributed by atoms with Crippen molar-refractivity contribution in [2.75, 3.05) is 5.88 Å². The van der Waals surface area contributed by atoms with E-state index in [1.165, 1.54) is 0 Å². The molecule has 0 saturated heterocycles. The second kappa shape index (κ2) is 7.01. The van der Waals surface area contributed by atoms with Crippen molar-refractivity contribution in [2.45, 2.75) is 12.3 Å². The van der Waals surface area contributed by atoms with Crippen molar-refractivity contribution in [3.05, 3.63) is 71.8 Å². The molecular weight excluding hydrogens is 272 g/mol. The van der Waals surface area contributed by atoms with Gasteiger partial charge in [0.05, 0.1) is 5.92 Å². The molecule has 0 aliphatic carbocycles. The van der Waals surface area contributed by atoms with E-state index < -0.39 is 17.5 Å². The first-order valence-electron chi connectivity index (χ1n) is 6.47. The van der Waals surface area contributed by atoms with Gasteiger partial charge < -0.3 is 0 Å². The van der Waals surface area contributed by atoms with Crippen LogP contribution in [0.1, 0.15) is 23.5 Å². The van der Waals surface area contributed by atoms with Crippen molar-refractivity contribution in [2.24, 2.45) is 0 Å². The van der Waals surface area contributed by atoms with Gasteiger partial charge in [-0.05, 0) is 11.1 Å². The lowest BCUT2D eigenvalue weighted by Crippen LogP contribution is -2.23. The van der Waals surface area contributed by atoms with Crippen molar-refractivity contribution in [1.29, 1.82) is 0 Å². The number of hydrogen-bond acceptors (Lipinski definition) is 2. The van der Waals surface area contributed by atoms with Gasteiger partial charge in [0.2, 0.25) is 11.6 Å². The fraction of sp³-hybridized carbons (Fsp3) is 0.176. The molecule has 0 radical (unpaired) electrons. The minimum absolute atomic E-state index is 0.0799. The zero-order chi connectivity index (χ0) is 14.4. The van der Waals surface area contributed by atoms with Crippen molar-refractivity contribution in [3.8, 4) is 0 Å². The first kappa shape index (κ1) is 14.5. The van der Waals surface area contributed by atoms with E-state index in [1.807, 2.05) is 60.7 Å². The molecule has 0 atom stereocenters. The van der Waals surface area contributed by atoms with Crippen LogP contribution in [0.25, 0.3) is 0 Å². The maximum atomic E-state index is 12.4. The highest BCUT2D eigenvalue weighted by molar-refractivity contribution is 6.41. The lowest BCUT2D eigenvalue weighted by Gasteiger charge is -2.16. The molecule has 2 nitrogen and oxygen atoms in total. The van der Waals surface area contributed by atoms with E-state index in [-0.39, 0.29) is 12.3 Å². The molecule has 102 valence electrons. The summed E-state index contributed by atoms with van der Waals surface area (Å²) in [5.41, 5.74) is 1.65. The number of hydrogen-bond donors (Lipinski definition) is 0. The summed E-state index contributed by atoms with van der Waals surface area (Å²) in [6, 6.07) is 18.7. The van der Waals surface area contributed by atoms with Gasteiger partial charge >= 0.3 is 0 Å². The molecular formula is C17H15ClO2. The third kappa shape index (κ3) is 3.34. The fourth-order valence-electron chi connectivity index (χ4n) is 2.16. The lowest BCUT2D eigenvalue weighted by atomic mass is 9.85. The van der Waals surface area contributed by atoms with E-state index in [0.29, 0.717) is 0 Å². The van der Waals surface area contributed by atoms with Crippen molar-refractivity contribution >= 4 is 23.2 Å². The molecule has 0 aromatic heterocycles. The highest BCUT2D eigenvalue weighted by Gasteiger charge is 2.27. The quantitative estimate of drug-likeness (QED) is 0.601. The number of Topliss-reactive ketones (excluding diaryl/α,β-unsaturated/α-hetero) is 2.